The standard InChI is InChI=1S/C29H31F2N3O3/c1-18-4-7-22(33-27(36)20-8-9-32-25(13-20)28(2,3)30)14-23(18)19-5-6-21-15-29(31,17-35)26-16-37-11-10-34(26)24(21)12-19/h4-9,12-14,26,35H,10-11,15-17H2,1-3H3,(H,33,36)/t26-,29+/m0/s1. The molecule has 8 heteroatoms. The van der Waals surface area contributed by atoms with Crippen molar-refractivity contribution in [3.63, 3.8) is 0 Å². The summed E-state index contributed by atoms with van der Waals surface area (Å²) in [6, 6.07) is 14.1. The van der Waals surface area contributed by atoms with Crippen molar-refractivity contribution in [2.24, 2.45) is 0 Å². The van der Waals surface area contributed by atoms with Crippen LogP contribution in [0.25, 0.3) is 11.1 Å². The van der Waals surface area contributed by atoms with Gasteiger partial charge in [-0.1, -0.05) is 18.2 Å². The van der Waals surface area contributed by atoms with Gasteiger partial charge in [0.05, 0.1) is 31.6 Å². The third-order valence-electron chi connectivity index (χ3n) is 7.31. The van der Waals surface area contributed by atoms with Crippen molar-refractivity contribution in [3.8, 4) is 11.1 Å². The van der Waals surface area contributed by atoms with Crippen molar-refractivity contribution in [3.05, 3.63) is 77.1 Å². The van der Waals surface area contributed by atoms with E-state index in [1.165, 1.54) is 26.1 Å². The first-order chi connectivity index (χ1) is 17.6. The molecule has 1 saturated heterocycles. The number of morpholine rings is 1. The van der Waals surface area contributed by atoms with Crippen LogP contribution in [0.2, 0.25) is 0 Å². The Bertz CT molecular complexity index is 1340. The van der Waals surface area contributed by atoms with Gasteiger partial charge in [0.1, 0.15) is 5.67 Å². The number of anilines is 2. The molecule has 6 nitrogen and oxygen atoms in total. The number of fused-ring (bicyclic) bond motifs is 3. The average Bonchev–Trinajstić information content (AvgIpc) is 2.89. The van der Waals surface area contributed by atoms with Crippen LogP contribution in [0.4, 0.5) is 20.2 Å². The van der Waals surface area contributed by atoms with E-state index in [1.54, 1.807) is 6.07 Å². The molecule has 1 fully saturated rings. The molecule has 0 saturated carbocycles. The molecule has 2 atom stereocenters. The molecule has 0 spiro atoms. The molecule has 5 rings (SSSR count). The second-order valence-corrected chi connectivity index (χ2v) is 10.4. The zero-order chi connectivity index (χ0) is 26.4. The molecule has 0 unspecified atom stereocenters. The normalized spacial score (nSPS) is 21.2. The third kappa shape index (κ3) is 4.83. The van der Waals surface area contributed by atoms with Gasteiger partial charge in [-0.15, -0.1) is 0 Å². The molecule has 3 heterocycles. The van der Waals surface area contributed by atoms with Gasteiger partial charge in [-0.25, -0.2) is 8.78 Å². The van der Waals surface area contributed by atoms with Crippen LogP contribution >= 0.6 is 0 Å². The number of rotatable bonds is 5. The van der Waals surface area contributed by atoms with Gasteiger partial charge >= 0.3 is 0 Å². The van der Waals surface area contributed by atoms with E-state index >= 15 is 4.39 Å². The smallest absolute Gasteiger partial charge is 0.255 e. The third-order valence-corrected chi connectivity index (χ3v) is 7.31. The van der Waals surface area contributed by atoms with Gasteiger partial charge in [-0.2, -0.15) is 0 Å². The van der Waals surface area contributed by atoms with Crippen LogP contribution < -0.4 is 10.2 Å². The number of hydrogen-bond donors (Lipinski definition) is 2. The first-order valence-corrected chi connectivity index (χ1v) is 12.4. The lowest BCUT2D eigenvalue weighted by Gasteiger charge is -2.48. The first kappa shape index (κ1) is 25.3. The monoisotopic (exact) mass is 507 g/mol. The minimum absolute atomic E-state index is 0.127. The number of hydrogen-bond acceptors (Lipinski definition) is 5. The van der Waals surface area contributed by atoms with E-state index in [1.807, 2.05) is 42.2 Å². The SMILES string of the molecule is Cc1ccc(NC(=O)c2ccnc(C(C)(C)F)c2)cc1-c1ccc2c(c1)N1CCOC[C@H]1[C@](F)(CO)C2. The highest BCUT2D eigenvalue weighted by molar-refractivity contribution is 6.04. The number of halogens is 2. The number of aromatic nitrogens is 1. The second-order valence-electron chi connectivity index (χ2n) is 10.4. The molecule has 1 amide bonds. The molecule has 1 aromatic heterocycles. The van der Waals surface area contributed by atoms with Gasteiger partial charge in [0.15, 0.2) is 5.67 Å². The number of aliphatic hydroxyl groups is 1. The summed E-state index contributed by atoms with van der Waals surface area (Å²) in [4.78, 5) is 19.0. The number of nitrogens with zero attached hydrogens (tertiary/aromatic N) is 2. The number of pyridine rings is 1. The van der Waals surface area contributed by atoms with E-state index in [0.717, 1.165) is 27.9 Å². The Morgan fingerprint density at radius 2 is 2.05 bits per heavy atom. The summed E-state index contributed by atoms with van der Waals surface area (Å²) in [5.74, 6) is -0.354. The van der Waals surface area contributed by atoms with Crippen molar-refractivity contribution in [2.75, 3.05) is 36.6 Å². The number of ether oxygens (including phenoxy) is 1. The van der Waals surface area contributed by atoms with Crippen LogP contribution in [0, 0.1) is 6.92 Å². The van der Waals surface area contributed by atoms with Crippen molar-refractivity contribution < 1.29 is 23.4 Å². The van der Waals surface area contributed by atoms with Gasteiger partial charge in [0.25, 0.3) is 5.91 Å². The summed E-state index contributed by atoms with van der Waals surface area (Å²) < 4.78 is 35.4. The Kier molecular flexibility index (Phi) is 6.50. The Hall–Kier alpha value is -3.36. The molecular formula is C29H31F2N3O3. The molecule has 0 bridgehead atoms. The second kappa shape index (κ2) is 9.50. The lowest BCUT2D eigenvalue weighted by Crippen LogP contribution is -2.62. The fraction of sp³-hybridized carbons (Fsp3) is 0.379. The van der Waals surface area contributed by atoms with E-state index in [4.69, 9.17) is 4.74 Å². The lowest BCUT2D eigenvalue weighted by molar-refractivity contribution is -0.0173. The minimum Gasteiger partial charge on any atom is -0.393 e. The molecule has 2 N–H and O–H groups in total. The van der Waals surface area contributed by atoms with Crippen molar-refractivity contribution in [1.82, 2.24) is 4.98 Å². The fourth-order valence-electron chi connectivity index (χ4n) is 5.18. The average molecular weight is 508 g/mol. The van der Waals surface area contributed by atoms with E-state index in [-0.39, 0.29) is 24.6 Å². The zero-order valence-electron chi connectivity index (χ0n) is 21.2. The highest BCUT2D eigenvalue weighted by Gasteiger charge is 2.48. The topological polar surface area (TPSA) is 74.7 Å². The summed E-state index contributed by atoms with van der Waals surface area (Å²) in [7, 11) is 0. The summed E-state index contributed by atoms with van der Waals surface area (Å²) >= 11 is 0. The molecule has 194 valence electrons. The maximum Gasteiger partial charge on any atom is 0.255 e. The highest BCUT2D eigenvalue weighted by Crippen LogP contribution is 2.42. The number of carbonyl (C=O) groups excluding carboxylic acids is 1. The Morgan fingerprint density at radius 3 is 2.81 bits per heavy atom. The summed E-state index contributed by atoms with van der Waals surface area (Å²) in [6.45, 7) is 5.52. The van der Waals surface area contributed by atoms with Crippen LogP contribution in [0.1, 0.15) is 41.0 Å². The van der Waals surface area contributed by atoms with Crippen LogP contribution in [0.3, 0.4) is 0 Å². The van der Waals surface area contributed by atoms with Crippen LogP contribution in [-0.4, -0.2) is 54.1 Å². The summed E-state index contributed by atoms with van der Waals surface area (Å²) in [5.41, 5.74) is 2.41. The first-order valence-electron chi connectivity index (χ1n) is 12.4. The Morgan fingerprint density at radius 1 is 1.24 bits per heavy atom. The predicted octanol–water partition coefficient (Wildman–Crippen LogP) is 4.98. The number of carbonyl (C=O) groups is 1. The lowest BCUT2D eigenvalue weighted by atomic mass is 9.82. The number of alkyl halides is 2. The number of aryl methyl sites for hydroxylation is 1. The molecule has 2 aliphatic rings. The summed E-state index contributed by atoms with van der Waals surface area (Å²) in [6.07, 6.45) is 1.56. The van der Waals surface area contributed by atoms with E-state index < -0.39 is 24.0 Å². The summed E-state index contributed by atoms with van der Waals surface area (Å²) in [5, 5.41) is 12.7. The number of benzene rings is 2. The van der Waals surface area contributed by atoms with Crippen molar-refractivity contribution in [2.45, 2.75) is 44.6 Å². The van der Waals surface area contributed by atoms with E-state index in [0.29, 0.717) is 24.4 Å². The number of aliphatic hydroxyl groups excluding tert-OH is 1. The molecule has 2 aliphatic heterocycles. The molecule has 37 heavy (non-hydrogen) atoms. The van der Waals surface area contributed by atoms with Crippen LogP contribution in [-0.2, 0) is 16.8 Å². The maximum atomic E-state index is 15.6. The van der Waals surface area contributed by atoms with Gasteiger partial charge in [0, 0.05) is 36.1 Å². The van der Waals surface area contributed by atoms with E-state index in [2.05, 4.69) is 16.4 Å². The van der Waals surface area contributed by atoms with Crippen LogP contribution in [0.5, 0.6) is 0 Å². The van der Waals surface area contributed by atoms with E-state index in [9.17, 15) is 14.3 Å². The Labute approximate surface area is 215 Å². The van der Waals surface area contributed by atoms with Gasteiger partial charge < -0.3 is 20.1 Å². The molecule has 0 aliphatic carbocycles. The minimum atomic E-state index is -1.75. The van der Waals surface area contributed by atoms with Crippen LogP contribution in [0.15, 0.2) is 54.7 Å². The molecule has 2 aromatic carbocycles. The number of amides is 1. The predicted molar refractivity (Wildman–Crippen MR) is 140 cm³/mol. The van der Waals surface area contributed by atoms with Gasteiger partial charge in [-0.05, 0) is 73.4 Å². The van der Waals surface area contributed by atoms with Crippen molar-refractivity contribution in [1.29, 1.82) is 0 Å². The van der Waals surface area contributed by atoms with Gasteiger partial charge in [0.2, 0.25) is 0 Å². The van der Waals surface area contributed by atoms with Gasteiger partial charge in [-0.3, -0.25) is 9.78 Å². The number of nitrogens with one attached hydrogen (secondary N) is 1. The fourth-order valence-corrected chi connectivity index (χ4v) is 5.18. The quantitative estimate of drug-likeness (QED) is 0.510. The van der Waals surface area contributed by atoms with Crippen molar-refractivity contribution >= 4 is 17.3 Å². The maximum absolute atomic E-state index is 15.6. The molecule has 0 radical (unpaired) electrons. The largest absolute Gasteiger partial charge is 0.393 e. The zero-order valence-corrected chi connectivity index (χ0v) is 21.2. The molecule has 3 aromatic rings. The Balaban J connectivity index is 1.45. The molecular weight excluding hydrogens is 476 g/mol. The highest BCUT2D eigenvalue weighted by atomic mass is 19.1.